The van der Waals surface area contributed by atoms with Gasteiger partial charge in [0.15, 0.2) is 5.17 Å². The van der Waals surface area contributed by atoms with Crippen LogP contribution in [0.5, 0.6) is 0 Å². The lowest BCUT2D eigenvalue weighted by atomic mass is 9.51. The van der Waals surface area contributed by atoms with Gasteiger partial charge >= 0.3 is 11.9 Å². The van der Waals surface area contributed by atoms with Gasteiger partial charge in [-0.1, -0.05) is 54.0 Å². The predicted molar refractivity (Wildman–Crippen MR) is 116 cm³/mol. The van der Waals surface area contributed by atoms with Gasteiger partial charge in [0.1, 0.15) is 6.67 Å². The highest BCUT2D eigenvalue weighted by Crippen LogP contribution is 2.58. The first-order valence-electron chi connectivity index (χ1n) is 9.17. The monoisotopic (exact) mass is 479 g/mol. The number of alkyl halides is 1. The number of nitrogens with two attached hydrogens (primary N) is 1. The van der Waals surface area contributed by atoms with Crippen LogP contribution in [0, 0.1) is 16.2 Å². The van der Waals surface area contributed by atoms with Crippen LogP contribution in [-0.2, 0) is 9.59 Å². The summed E-state index contributed by atoms with van der Waals surface area (Å²) < 4.78 is 14.1. The fourth-order valence-corrected chi connectivity index (χ4v) is 5.72. The number of piperidine rings is 1. The maximum atomic E-state index is 14.1. The summed E-state index contributed by atoms with van der Waals surface area (Å²) in [6.45, 7) is 1.92. The molecule has 1 aromatic carbocycles. The molecule has 0 amide bonds. The zero-order valence-electron chi connectivity index (χ0n) is 16.4. The van der Waals surface area contributed by atoms with Crippen molar-refractivity contribution in [2.24, 2.45) is 16.6 Å². The van der Waals surface area contributed by atoms with Gasteiger partial charge in [0.25, 0.3) is 0 Å². The van der Waals surface area contributed by atoms with Gasteiger partial charge in [0, 0.05) is 17.7 Å². The van der Waals surface area contributed by atoms with E-state index >= 15 is 0 Å². The maximum Gasteiger partial charge on any atom is 0.311 e. The Hall–Kier alpha value is -1.55. The number of benzene rings is 1. The lowest BCUT2D eigenvalue weighted by molar-refractivity contribution is -0.172. The Balaban J connectivity index is 2.88. The number of rotatable bonds is 7. The molecule has 0 aromatic heterocycles. The molecule has 1 aromatic rings. The lowest BCUT2D eigenvalue weighted by Crippen LogP contribution is -2.71. The molecule has 6 N–H and O–H groups in total. The van der Waals surface area contributed by atoms with Crippen molar-refractivity contribution in [1.29, 1.82) is 5.41 Å². The van der Waals surface area contributed by atoms with Crippen LogP contribution in [0.25, 0.3) is 0 Å². The van der Waals surface area contributed by atoms with E-state index in [4.69, 9.17) is 34.3 Å². The topological polar surface area (TPSA) is 136 Å². The number of aliphatic carboxylic acids is 2. The molecular weight excluding hydrogens is 456 g/mol. The van der Waals surface area contributed by atoms with Crippen LogP contribution in [0.3, 0.4) is 0 Å². The maximum absolute atomic E-state index is 14.1. The van der Waals surface area contributed by atoms with Crippen LogP contribution in [0.1, 0.15) is 31.7 Å². The zero-order valence-corrected chi connectivity index (χ0v) is 18.7. The summed E-state index contributed by atoms with van der Waals surface area (Å²) in [6.07, 6.45) is 0.0217. The zero-order chi connectivity index (χ0) is 22.9. The number of nitrogens with one attached hydrogen (secondary N) is 2. The molecule has 1 heterocycles. The van der Waals surface area contributed by atoms with E-state index in [2.05, 4.69) is 5.32 Å². The third-order valence-electron chi connectivity index (χ3n) is 6.16. The molecule has 30 heavy (non-hydrogen) atoms. The van der Waals surface area contributed by atoms with Gasteiger partial charge < -0.3 is 21.3 Å². The van der Waals surface area contributed by atoms with E-state index in [0.717, 1.165) is 11.8 Å². The molecule has 5 unspecified atom stereocenters. The molecule has 0 bridgehead atoms. The Kier molecular flexibility index (Phi) is 7.66. The second-order valence-corrected chi connectivity index (χ2v) is 9.31. The van der Waals surface area contributed by atoms with Crippen LogP contribution in [-0.4, -0.2) is 51.8 Å². The molecule has 11 heteroatoms. The van der Waals surface area contributed by atoms with Gasteiger partial charge in [-0.3, -0.25) is 15.0 Å². The highest BCUT2D eigenvalue weighted by Gasteiger charge is 2.66. The van der Waals surface area contributed by atoms with Gasteiger partial charge in [0.05, 0.1) is 26.9 Å². The van der Waals surface area contributed by atoms with Crippen molar-refractivity contribution in [2.75, 3.05) is 12.4 Å². The average molecular weight is 480 g/mol. The Labute approximate surface area is 188 Å². The highest BCUT2D eigenvalue weighted by molar-refractivity contribution is 8.13. The summed E-state index contributed by atoms with van der Waals surface area (Å²) in [4.78, 5) is 25.2. The fraction of sp³-hybridized carbons (Fsp3) is 0.526. The van der Waals surface area contributed by atoms with E-state index in [-0.39, 0.29) is 33.0 Å². The molecule has 1 fully saturated rings. The van der Waals surface area contributed by atoms with Crippen molar-refractivity contribution in [3.05, 3.63) is 33.8 Å². The summed E-state index contributed by atoms with van der Waals surface area (Å²) in [5, 5.41) is 30.9. The molecule has 166 valence electrons. The van der Waals surface area contributed by atoms with E-state index < -0.39 is 47.4 Å². The number of amidine groups is 1. The molecule has 1 aliphatic heterocycles. The average Bonchev–Trinajstić information content (AvgIpc) is 2.68. The second-order valence-electron chi connectivity index (χ2n) is 7.46. The summed E-state index contributed by atoms with van der Waals surface area (Å²) in [6, 6.07) is 2.51. The van der Waals surface area contributed by atoms with Crippen LogP contribution in [0.15, 0.2) is 18.2 Å². The number of thioether (sulfide) groups is 1. The Morgan fingerprint density at radius 1 is 1.30 bits per heavy atom. The third kappa shape index (κ3) is 3.88. The molecule has 5 atom stereocenters. The summed E-state index contributed by atoms with van der Waals surface area (Å²) >= 11 is 13.5. The third-order valence-corrected chi connectivity index (χ3v) is 7.80. The van der Waals surface area contributed by atoms with Crippen molar-refractivity contribution in [3.8, 4) is 0 Å². The minimum atomic E-state index is -1.85. The minimum absolute atomic E-state index is 0.0217. The van der Waals surface area contributed by atoms with Crippen molar-refractivity contribution in [1.82, 2.24) is 5.32 Å². The molecule has 0 radical (unpaired) electrons. The van der Waals surface area contributed by atoms with Crippen LogP contribution < -0.4 is 11.1 Å². The highest BCUT2D eigenvalue weighted by atomic mass is 35.5. The van der Waals surface area contributed by atoms with Gasteiger partial charge in [-0.15, -0.1) is 0 Å². The first kappa shape index (κ1) is 24.7. The molecule has 1 saturated heterocycles. The predicted octanol–water partition coefficient (Wildman–Crippen LogP) is 3.59. The molecule has 2 rings (SSSR count). The van der Waals surface area contributed by atoms with E-state index in [0.29, 0.717) is 0 Å². The Morgan fingerprint density at radius 2 is 1.93 bits per heavy atom. The molecule has 0 spiro atoms. The smallest absolute Gasteiger partial charge is 0.311 e. The normalized spacial score (nSPS) is 31.3. The number of hydrogen-bond donors (Lipinski definition) is 5. The van der Waals surface area contributed by atoms with Gasteiger partial charge in [-0.2, -0.15) is 0 Å². The van der Waals surface area contributed by atoms with Crippen molar-refractivity contribution in [3.63, 3.8) is 0 Å². The second kappa shape index (κ2) is 9.30. The van der Waals surface area contributed by atoms with Gasteiger partial charge in [-0.25, -0.2) is 4.39 Å². The molecular formula is C19H24Cl2FN3O4S. The molecule has 1 aliphatic rings. The number of carbonyl (C=O) groups is 2. The van der Waals surface area contributed by atoms with Crippen molar-refractivity contribution < 1.29 is 24.2 Å². The van der Waals surface area contributed by atoms with Crippen molar-refractivity contribution >= 4 is 52.1 Å². The van der Waals surface area contributed by atoms with E-state index in [9.17, 15) is 24.2 Å². The number of carboxylic acids is 2. The van der Waals surface area contributed by atoms with Crippen LogP contribution in [0.4, 0.5) is 4.39 Å². The minimum Gasteiger partial charge on any atom is -0.481 e. The molecule has 0 aliphatic carbocycles. The summed E-state index contributed by atoms with van der Waals surface area (Å²) in [7, 11) is 0. The summed E-state index contributed by atoms with van der Waals surface area (Å²) in [5.41, 5.74) is 2.13. The Bertz CT molecular complexity index is 861. The standard InChI is InChI=1S/C19H24Cl2FN3O4S/c1-3-19(16(28)29)12(8-30-17(23)24)25-11(7-22)18(2,15(26)27)14(19)9-5-4-6-10(20)13(9)21/h4-6,11-12,14,25H,3,7-8H2,1-2H3,(H3,23,24)(H,26,27)(H,28,29). The lowest BCUT2D eigenvalue weighted by Gasteiger charge is -2.57. The summed E-state index contributed by atoms with van der Waals surface area (Å²) in [5.74, 6) is -3.78. The largest absolute Gasteiger partial charge is 0.481 e. The quantitative estimate of drug-likeness (QED) is 0.297. The van der Waals surface area contributed by atoms with Crippen LogP contribution in [0.2, 0.25) is 10.0 Å². The first-order valence-corrected chi connectivity index (χ1v) is 10.9. The van der Waals surface area contributed by atoms with Crippen LogP contribution >= 0.6 is 35.0 Å². The number of halogens is 3. The first-order chi connectivity index (χ1) is 14.0. The molecule has 7 nitrogen and oxygen atoms in total. The van der Waals surface area contributed by atoms with E-state index in [1.54, 1.807) is 13.0 Å². The number of carboxylic acid groups (broad SMARTS) is 2. The van der Waals surface area contributed by atoms with Gasteiger partial charge in [-0.05, 0) is 25.0 Å². The van der Waals surface area contributed by atoms with E-state index in [1.165, 1.54) is 19.1 Å². The van der Waals surface area contributed by atoms with Gasteiger partial charge in [0.2, 0.25) is 0 Å². The van der Waals surface area contributed by atoms with E-state index in [1.807, 2.05) is 0 Å². The molecule has 0 saturated carbocycles. The Morgan fingerprint density at radius 3 is 2.40 bits per heavy atom. The SMILES string of the molecule is CCC1(C(=O)O)C(CSC(=N)N)NC(CF)C(C)(C(=O)O)C1c1cccc(Cl)c1Cl. The van der Waals surface area contributed by atoms with Crippen molar-refractivity contribution in [2.45, 2.75) is 38.3 Å². The fourth-order valence-electron chi connectivity index (χ4n) is 4.57. The number of hydrogen-bond acceptors (Lipinski definition) is 5.